The highest BCUT2D eigenvalue weighted by molar-refractivity contribution is 5.93. The van der Waals surface area contributed by atoms with Gasteiger partial charge in [0.2, 0.25) is 0 Å². The molecule has 2 aromatic carbocycles. The number of hydrogen-bond donors (Lipinski definition) is 0. The molecule has 0 atom stereocenters. The monoisotopic (exact) mass is 477 g/mol. The second-order valence-electron chi connectivity index (χ2n) is 8.08. The van der Waals surface area contributed by atoms with Crippen LogP contribution in [-0.4, -0.2) is 47.0 Å². The molecule has 0 bridgehead atoms. The number of ether oxygens (including phenoxy) is 1. The van der Waals surface area contributed by atoms with Crippen molar-refractivity contribution < 1.29 is 31.6 Å². The van der Waals surface area contributed by atoms with Crippen LogP contribution in [-0.2, 0) is 19.3 Å². The second-order valence-corrected chi connectivity index (χ2v) is 8.08. The molecule has 1 amide bonds. The zero-order valence-electron chi connectivity index (χ0n) is 18.4. The summed E-state index contributed by atoms with van der Waals surface area (Å²) in [4.78, 5) is 16.7. The van der Waals surface area contributed by atoms with Crippen LogP contribution in [0.5, 0.6) is 5.75 Å². The predicted molar refractivity (Wildman–Crippen MR) is 115 cm³/mol. The first-order valence-corrected chi connectivity index (χ1v) is 10.7. The molecule has 0 unspecified atom stereocenters. The van der Waals surface area contributed by atoms with Crippen LogP contribution in [0.2, 0.25) is 0 Å². The maximum atomic E-state index is 13.4. The highest BCUT2D eigenvalue weighted by Crippen LogP contribution is 2.30. The molecule has 1 aliphatic rings. The molecule has 0 aliphatic carbocycles. The van der Waals surface area contributed by atoms with Gasteiger partial charge in [0.15, 0.2) is 5.69 Å². The molecule has 1 saturated heterocycles. The van der Waals surface area contributed by atoms with E-state index in [2.05, 4.69) is 5.16 Å². The van der Waals surface area contributed by atoms with E-state index in [0.29, 0.717) is 55.4 Å². The normalized spacial score (nSPS) is 14.9. The van der Waals surface area contributed by atoms with E-state index in [-0.39, 0.29) is 18.2 Å². The fourth-order valence-electron chi connectivity index (χ4n) is 3.80. The van der Waals surface area contributed by atoms with Crippen LogP contribution in [0.3, 0.4) is 0 Å². The first kappa shape index (κ1) is 23.7. The Balaban J connectivity index is 1.36. The number of piperazine rings is 1. The number of halogens is 4. The quantitative estimate of drug-likeness (QED) is 0.483. The van der Waals surface area contributed by atoms with Gasteiger partial charge in [-0.05, 0) is 30.7 Å². The molecule has 0 radical (unpaired) electrons. The molecule has 2 heterocycles. The Morgan fingerprint density at radius 1 is 1.09 bits per heavy atom. The standard InChI is InChI=1S/C24H23F4N3O3/c1-16-21(15-33-20-7-3-6-19(25)13-20)22(29-34-16)23(32)31-10-8-30(9-11-31)14-17-4-2-5-18(12-17)24(26,27)28/h2-7,12-13H,8-11,14-15H2,1H3. The predicted octanol–water partition coefficient (Wildman–Crippen LogP) is 4.68. The average Bonchev–Trinajstić information content (AvgIpc) is 3.17. The minimum Gasteiger partial charge on any atom is -0.489 e. The number of rotatable bonds is 6. The number of hydrogen-bond acceptors (Lipinski definition) is 5. The molecule has 180 valence electrons. The summed E-state index contributed by atoms with van der Waals surface area (Å²) in [7, 11) is 0. The van der Waals surface area contributed by atoms with Gasteiger partial charge in [-0.1, -0.05) is 29.4 Å². The van der Waals surface area contributed by atoms with Crippen molar-refractivity contribution in [1.29, 1.82) is 0 Å². The minimum absolute atomic E-state index is 0.00459. The van der Waals surface area contributed by atoms with Crippen molar-refractivity contribution >= 4 is 5.91 Å². The molecule has 0 N–H and O–H groups in total. The Labute approximate surface area is 193 Å². The maximum absolute atomic E-state index is 13.4. The van der Waals surface area contributed by atoms with Crippen molar-refractivity contribution in [1.82, 2.24) is 15.0 Å². The molecular weight excluding hydrogens is 454 g/mol. The lowest BCUT2D eigenvalue weighted by Gasteiger charge is -2.34. The van der Waals surface area contributed by atoms with Crippen molar-refractivity contribution in [3.05, 3.63) is 82.5 Å². The average molecular weight is 477 g/mol. The second kappa shape index (κ2) is 9.84. The van der Waals surface area contributed by atoms with E-state index in [1.54, 1.807) is 24.0 Å². The number of carbonyl (C=O) groups excluding carboxylic acids is 1. The minimum atomic E-state index is -4.38. The van der Waals surface area contributed by atoms with Gasteiger partial charge >= 0.3 is 6.18 Å². The SMILES string of the molecule is Cc1onc(C(=O)N2CCN(Cc3cccc(C(F)(F)F)c3)CC2)c1COc1cccc(F)c1. The zero-order chi connectivity index (χ0) is 24.3. The molecule has 4 rings (SSSR count). The number of nitrogens with zero attached hydrogens (tertiary/aromatic N) is 3. The van der Waals surface area contributed by atoms with Crippen molar-refractivity contribution in [2.75, 3.05) is 26.2 Å². The summed E-state index contributed by atoms with van der Waals surface area (Å²) >= 11 is 0. The third kappa shape index (κ3) is 5.56. The molecule has 3 aromatic rings. The maximum Gasteiger partial charge on any atom is 0.416 e. The first-order valence-electron chi connectivity index (χ1n) is 10.7. The van der Waals surface area contributed by atoms with E-state index >= 15 is 0 Å². The lowest BCUT2D eigenvalue weighted by atomic mass is 10.1. The molecule has 0 saturated carbocycles. The summed E-state index contributed by atoms with van der Waals surface area (Å²) in [6.07, 6.45) is -4.38. The van der Waals surface area contributed by atoms with Crippen LogP contribution in [0.1, 0.15) is 32.9 Å². The summed E-state index contributed by atoms with van der Waals surface area (Å²) < 4.78 is 63.1. The van der Waals surface area contributed by atoms with E-state index in [1.165, 1.54) is 24.3 Å². The molecular formula is C24H23F4N3O3. The Bertz CT molecular complexity index is 1150. The van der Waals surface area contributed by atoms with Crippen molar-refractivity contribution in [3.63, 3.8) is 0 Å². The number of alkyl halides is 3. The summed E-state index contributed by atoms with van der Waals surface area (Å²) in [6.45, 7) is 3.84. The Morgan fingerprint density at radius 3 is 2.53 bits per heavy atom. The number of benzene rings is 2. The van der Waals surface area contributed by atoms with Crippen LogP contribution in [0, 0.1) is 12.7 Å². The van der Waals surface area contributed by atoms with Crippen LogP contribution < -0.4 is 4.74 Å². The Hall–Kier alpha value is -3.40. The van der Waals surface area contributed by atoms with Gasteiger partial charge in [0.05, 0.1) is 11.1 Å². The molecule has 10 heteroatoms. The smallest absolute Gasteiger partial charge is 0.416 e. The van der Waals surface area contributed by atoms with Crippen molar-refractivity contribution in [2.45, 2.75) is 26.3 Å². The van der Waals surface area contributed by atoms with Gasteiger partial charge < -0.3 is 14.2 Å². The largest absolute Gasteiger partial charge is 0.489 e. The highest BCUT2D eigenvalue weighted by atomic mass is 19.4. The number of aryl methyl sites for hydroxylation is 1. The van der Waals surface area contributed by atoms with E-state index in [0.717, 1.165) is 12.1 Å². The van der Waals surface area contributed by atoms with E-state index < -0.39 is 17.6 Å². The summed E-state index contributed by atoms with van der Waals surface area (Å²) in [6, 6.07) is 10.9. The molecule has 1 aromatic heterocycles. The van der Waals surface area contributed by atoms with Gasteiger partial charge in [0.25, 0.3) is 5.91 Å². The number of carbonyl (C=O) groups is 1. The fourth-order valence-corrected chi connectivity index (χ4v) is 3.80. The van der Waals surface area contributed by atoms with Gasteiger partial charge in [-0.25, -0.2) is 4.39 Å². The summed E-state index contributed by atoms with van der Waals surface area (Å²) in [5, 5.41) is 3.90. The molecule has 6 nitrogen and oxygen atoms in total. The summed E-state index contributed by atoms with van der Waals surface area (Å²) in [5.41, 5.74) is 0.521. The van der Waals surface area contributed by atoms with Gasteiger partial charge in [-0.15, -0.1) is 0 Å². The molecule has 0 spiro atoms. The molecule has 1 fully saturated rings. The van der Waals surface area contributed by atoms with Gasteiger partial charge in [-0.2, -0.15) is 13.2 Å². The zero-order valence-corrected chi connectivity index (χ0v) is 18.4. The third-order valence-electron chi connectivity index (χ3n) is 5.69. The Morgan fingerprint density at radius 2 is 1.82 bits per heavy atom. The van der Waals surface area contributed by atoms with Gasteiger partial charge in [0, 0.05) is 38.8 Å². The van der Waals surface area contributed by atoms with Crippen LogP contribution in [0.4, 0.5) is 17.6 Å². The summed E-state index contributed by atoms with van der Waals surface area (Å²) in [5.74, 6) is 0.0115. The molecule has 1 aliphatic heterocycles. The van der Waals surface area contributed by atoms with E-state index in [9.17, 15) is 22.4 Å². The number of amides is 1. The lowest BCUT2D eigenvalue weighted by molar-refractivity contribution is -0.137. The highest BCUT2D eigenvalue weighted by Gasteiger charge is 2.31. The Kier molecular flexibility index (Phi) is 6.87. The van der Waals surface area contributed by atoms with E-state index in [4.69, 9.17) is 9.26 Å². The molecule has 34 heavy (non-hydrogen) atoms. The van der Waals surface area contributed by atoms with Gasteiger partial charge in [0.1, 0.15) is 23.9 Å². The topological polar surface area (TPSA) is 58.8 Å². The third-order valence-corrected chi connectivity index (χ3v) is 5.69. The van der Waals surface area contributed by atoms with Crippen LogP contribution >= 0.6 is 0 Å². The van der Waals surface area contributed by atoms with E-state index in [1.807, 2.05) is 4.90 Å². The lowest BCUT2D eigenvalue weighted by Crippen LogP contribution is -2.48. The van der Waals surface area contributed by atoms with Crippen LogP contribution in [0.25, 0.3) is 0 Å². The van der Waals surface area contributed by atoms with Gasteiger partial charge in [-0.3, -0.25) is 9.69 Å². The first-order chi connectivity index (χ1) is 16.2. The van der Waals surface area contributed by atoms with Crippen LogP contribution in [0.15, 0.2) is 53.1 Å². The number of aromatic nitrogens is 1. The fraction of sp³-hybridized carbons (Fsp3) is 0.333. The van der Waals surface area contributed by atoms with Crippen molar-refractivity contribution in [2.24, 2.45) is 0 Å². The van der Waals surface area contributed by atoms with Crippen molar-refractivity contribution in [3.8, 4) is 5.75 Å².